The molecule has 1 amide bonds. The van der Waals surface area contributed by atoms with Gasteiger partial charge in [-0.05, 0) is 35.9 Å². The summed E-state index contributed by atoms with van der Waals surface area (Å²) in [4.78, 5) is 25.2. The van der Waals surface area contributed by atoms with Gasteiger partial charge in [-0.1, -0.05) is 12.1 Å². The Morgan fingerprint density at radius 2 is 2.00 bits per heavy atom. The fourth-order valence-corrected chi connectivity index (χ4v) is 3.19. The average Bonchev–Trinajstić information content (AvgIpc) is 3.43. The van der Waals surface area contributed by atoms with Gasteiger partial charge in [-0.15, -0.1) is 0 Å². The van der Waals surface area contributed by atoms with Crippen LogP contribution in [-0.2, 0) is 6.54 Å². The molecule has 5 aromatic rings. The third kappa shape index (κ3) is 3.35. The van der Waals surface area contributed by atoms with E-state index in [9.17, 15) is 4.79 Å². The van der Waals surface area contributed by atoms with Gasteiger partial charge in [0.15, 0.2) is 5.58 Å². The third-order valence-electron chi connectivity index (χ3n) is 4.84. The minimum atomic E-state index is -0.193. The zero-order chi connectivity index (χ0) is 20.5. The van der Waals surface area contributed by atoms with E-state index in [1.165, 1.54) is 6.20 Å². The predicted molar refractivity (Wildman–Crippen MR) is 113 cm³/mol. The van der Waals surface area contributed by atoms with Gasteiger partial charge in [0.1, 0.15) is 5.52 Å². The molecule has 148 valence electrons. The van der Waals surface area contributed by atoms with E-state index in [0.717, 1.165) is 27.9 Å². The third-order valence-corrected chi connectivity index (χ3v) is 4.84. The molecule has 0 aliphatic heterocycles. The molecule has 0 aliphatic carbocycles. The van der Waals surface area contributed by atoms with Crippen molar-refractivity contribution in [3.8, 4) is 11.5 Å². The number of carbonyl (C=O) groups is 1. The maximum Gasteiger partial charge on any atom is 0.254 e. The standard InChI is InChI=1S/C22H18N6O2/c1-23-17-6-7-19-18(10-17)27-21(30-19)15-4-2-14(3-5-15)11-25-20(29)16-12-26-22-24-8-9-28(22)13-16/h2-10,12-13,23H,11H2,1H3,(H,25,29). The lowest BCUT2D eigenvalue weighted by molar-refractivity contribution is 0.0950. The fraction of sp³-hybridized carbons (Fsp3) is 0.0909. The lowest BCUT2D eigenvalue weighted by atomic mass is 10.1. The summed E-state index contributed by atoms with van der Waals surface area (Å²) >= 11 is 0. The second kappa shape index (κ2) is 7.32. The molecule has 30 heavy (non-hydrogen) atoms. The van der Waals surface area contributed by atoms with E-state index in [1.54, 1.807) is 23.0 Å². The fourth-order valence-electron chi connectivity index (χ4n) is 3.19. The van der Waals surface area contributed by atoms with Crippen molar-refractivity contribution in [3.63, 3.8) is 0 Å². The Labute approximate surface area is 171 Å². The van der Waals surface area contributed by atoms with Gasteiger partial charge in [0, 0.05) is 49.6 Å². The Balaban J connectivity index is 1.28. The molecule has 0 fully saturated rings. The lowest BCUT2D eigenvalue weighted by Gasteiger charge is -2.06. The van der Waals surface area contributed by atoms with Gasteiger partial charge in [-0.25, -0.2) is 15.0 Å². The quantitative estimate of drug-likeness (QED) is 0.470. The predicted octanol–water partition coefficient (Wildman–Crippen LogP) is 3.51. The zero-order valence-electron chi connectivity index (χ0n) is 16.2. The molecule has 0 spiro atoms. The van der Waals surface area contributed by atoms with Gasteiger partial charge in [0.05, 0.1) is 5.56 Å². The van der Waals surface area contributed by atoms with Crippen molar-refractivity contribution in [3.05, 3.63) is 78.4 Å². The summed E-state index contributed by atoms with van der Waals surface area (Å²) in [6.07, 6.45) is 6.62. The molecule has 8 heteroatoms. The van der Waals surface area contributed by atoms with Crippen LogP contribution in [0.5, 0.6) is 0 Å². The highest BCUT2D eigenvalue weighted by atomic mass is 16.3. The van der Waals surface area contributed by atoms with Crippen molar-refractivity contribution >= 4 is 28.5 Å². The average molecular weight is 398 g/mol. The number of hydrogen-bond acceptors (Lipinski definition) is 6. The highest BCUT2D eigenvalue weighted by Gasteiger charge is 2.10. The minimum Gasteiger partial charge on any atom is -0.436 e. The second-order valence-corrected chi connectivity index (χ2v) is 6.81. The van der Waals surface area contributed by atoms with Crippen LogP contribution in [0.2, 0.25) is 0 Å². The molecule has 5 rings (SSSR count). The molecule has 3 aromatic heterocycles. The molecule has 0 bridgehead atoms. The molecular weight excluding hydrogens is 380 g/mol. The van der Waals surface area contributed by atoms with Crippen LogP contribution in [-0.4, -0.2) is 32.3 Å². The van der Waals surface area contributed by atoms with Crippen molar-refractivity contribution in [1.82, 2.24) is 24.7 Å². The Hall–Kier alpha value is -4.20. The van der Waals surface area contributed by atoms with E-state index < -0.39 is 0 Å². The number of aromatic nitrogens is 4. The van der Waals surface area contributed by atoms with Crippen LogP contribution in [0.1, 0.15) is 15.9 Å². The van der Waals surface area contributed by atoms with Gasteiger partial charge in [0.2, 0.25) is 11.7 Å². The van der Waals surface area contributed by atoms with E-state index in [-0.39, 0.29) is 5.91 Å². The number of nitrogens with one attached hydrogen (secondary N) is 2. The molecular formula is C22H18N6O2. The van der Waals surface area contributed by atoms with Gasteiger partial charge in [-0.3, -0.25) is 9.20 Å². The summed E-state index contributed by atoms with van der Waals surface area (Å²) < 4.78 is 7.57. The Morgan fingerprint density at radius 3 is 2.83 bits per heavy atom. The van der Waals surface area contributed by atoms with Crippen molar-refractivity contribution in [2.75, 3.05) is 12.4 Å². The molecule has 3 heterocycles. The normalized spacial score (nSPS) is 11.1. The molecule has 0 saturated carbocycles. The number of carbonyl (C=O) groups excluding carboxylic acids is 1. The van der Waals surface area contributed by atoms with E-state index >= 15 is 0 Å². The largest absolute Gasteiger partial charge is 0.436 e. The highest BCUT2D eigenvalue weighted by Crippen LogP contribution is 2.26. The number of amides is 1. The van der Waals surface area contributed by atoms with Crippen LogP contribution >= 0.6 is 0 Å². The SMILES string of the molecule is CNc1ccc2oc(-c3ccc(CNC(=O)c4cnc5nccn5c4)cc3)nc2c1. The first-order valence-corrected chi connectivity index (χ1v) is 9.44. The van der Waals surface area contributed by atoms with Crippen LogP contribution in [0.3, 0.4) is 0 Å². The minimum absolute atomic E-state index is 0.193. The number of oxazole rings is 1. The van der Waals surface area contributed by atoms with Crippen LogP contribution in [0.4, 0.5) is 5.69 Å². The summed E-state index contributed by atoms with van der Waals surface area (Å²) in [6, 6.07) is 13.6. The van der Waals surface area contributed by atoms with E-state index in [4.69, 9.17) is 4.42 Å². The molecule has 0 unspecified atom stereocenters. The molecule has 0 radical (unpaired) electrons. The van der Waals surface area contributed by atoms with Crippen LogP contribution in [0.25, 0.3) is 28.3 Å². The molecule has 2 aromatic carbocycles. The lowest BCUT2D eigenvalue weighted by Crippen LogP contribution is -2.23. The van der Waals surface area contributed by atoms with Crippen molar-refractivity contribution < 1.29 is 9.21 Å². The Bertz CT molecular complexity index is 1350. The summed E-state index contributed by atoms with van der Waals surface area (Å²) in [5.41, 5.74) is 4.85. The first kappa shape index (κ1) is 17.9. The van der Waals surface area contributed by atoms with Crippen molar-refractivity contribution in [2.24, 2.45) is 0 Å². The first-order valence-electron chi connectivity index (χ1n) is 9.44. The molecule has 2 N–H and O–H groups in total. The number of imidazole rings is 1. The van der Waals surface area contributed by atoms with Gasteiger partial charge in [-0.2, -0.15) is 0 Å². The number of benzene rings is 2. The van der Waals surface area contributed by atoms with Crippen LogP contribution in [0.15, 0.2) is 71.7 Å². The second-order valence-electron chi connectivity index (χ2n) is 6.81. The molecule has 0 aliphatic rings. The van der Waals surface area contributed by atoms with Gasteiger partial charge < -0.3 is 15.1 Å². The van der Waals surface area contributed by atoms with E-state index in [0.29, 0.717) is 23.8 Å². The monoisotopic (exact) mass is 398 g/mol. The highest BCUT2D eigenvalue weighted by molar-refractivity contribution is 5.93. The zero-order valence-corrected chi connectivity index (χ0v) is 16.2. The summed E-state index contributed by atoms with van der Waals surface area (Å²) in [7, 11) is 1.87. The van der Waals surface area contributed by atoms with Crippen LogP contribution < -0.4 is 10.6 Å². The summed E-state index contributed by atoms with van der Waals surface area (Å²) in [5.74, 6) is 0.929. The first-order chi connectivity index (χ1) is 14.7. The van der Waals surface area contributed by atoms with Crippen LogP contribution in [0, 0.1) is 0 Å². The van der Waals surface area contributed by atoms with Crippen molar-refractivity contribution in [1.29, 1.82) is 0 Å². The van der Waals surface area contributed by atoms with Crippen molar-refractivity contribution in [2.45, 2.75) is 6.54 Å². The summed E-state index contributed by atoms with van der Waals surface area (Å²) in [5, 5.41) is 6.00. The molecule has 0 saturated heterocycles. The van der Waals surface area contributed by atoms with E-state index in [1.807, 2.05) is 49.5 Å². The Morgan fingerprint density at radius 1 is 1.13 bits per heavy atom. The van der Waals surface area contributed by atoms with E-state index in [2.05, 4.69) is 25.6 Å². The smallest absolute Gasteiger partial charge is 0.254 e. The number of fused-ring (bicyclic) bond motifs is 2. The topological polar surface area (TPSA) is 97.3 Å². The number of hydrogen-bond donors (Lipinski definition) is 2. The summed E-state index contributed by atoms with van der Waals surface area (Å²) in [6.45, 7) is 0.403. The number of nitrogens with zero attached hydrogens (tertiary/aromatic N) is 4. The maximum absolute atomic E-state index is 12.4. The molecule has 8 nitrogen and oxygen atoms in total. The number of anilines is 1. The number of rotatable bonds is 5. The van der Waals surface area contributed by atoms with Gasteiger partial charge >= 0.3 is 0 Å². The maximum atomic E-state index is 12.4. The Kier molecular flexibility index (Phi) is 4.36. The molecule has 0 atom stereocenters. The van der Waals surface area contributed by atoms with Gasteiger partial charge in [0.25, 0.3) is 5.91 Å².